The van der Waals surface area contributed by atoms with Crippen LogP contribution in [0.15, 0.2) is 54.2 Å². The summed E-state index contributed by atoms with van der Waals surface area (Å²) in [5.41, 5.74) is 2.41. The molecule has 0 aliphatic rings. The number of benzene rings is 1. The lowest BCUT2D eigenvalue weighted by molar-refractivity contribution is 0.0520. The van der Waals surface area contributed by atoms with Gasteiger partial charge >= 0.3 is 5.97 Å². The standard InChI is InChI=1S/C16H14N2O2S/c1-2-20-16(19)14-11-21-15(17-14)12-6-5-7-13(10-12)18-8-3-4-9-18/h3-11H,2H2,1H3. The number of hydrogen-bond acceptors (Lipinski definition) is 4. The summed E-state index contributed by atoms with van der Waals surface area (Å²) in [6.07, 6.45) is 3.98. The van der Waals surface area contributed by atoms with Gasteiger partial charge in [-0.25, -0.2) is 9.78 Å². The van der Waals surface area contributed by atoms with E-state index in [0.29, 0.717) is 12.3 Å². The largest absolute Gasteiger partial charge is 0.461 e. The van der Waals surface area contributed by atoms with Crippen LogP contribution in [-0.2, 0) is 4.74 Å². The molecule has 2 aromatic heterocycles. The van der Waals surface area contributed by atoms with Crippen LogP contribution < -0.4 is 0 Å². The van der Waals surface area contributed by atoms with Gasteiger partial charge in [-0.3, -0.25) is 0 Å². The van der Waals surface area contributed by atoms with Gasteiger partial charge in [0.2, 0.25) is 0 Å². The van der Waals surface area contributed by atoms with Gasteiger partial charge in [0.1, 0.15) is 5.01 Å². The summed E-state index contributed by atoms with van der Waals surface area (Å²) in [6, 6.07) is 12.0. The van der Waals surface area contributed by atoms with E-state index in [1.807, 2.05) is 53.4 Å². The highest BCUT2D eigenvalue weighted by molar-refractivity contribution is 7.13. The summed E-state index contributed by atoms with van der Waals surface area (Å²) in [5, 5.41) is 2.54. The third-order valence-electron chi connectivity index (χ3n) is 2.98. The quantitative estimate of drug-likeness (QED) is 0.689. The molecule has 0 saturated carbocycles. The van der Waals surface area contributed by atoms with Gasteiger partial charge < -0.3 is 9.30 Å². The Morgan fingerprint density at radius 3 is 2.86 bits per heavy atom. The highest BCUT2D eigenvalue weighted by Gasteiger charge is 2.12. The summed E-state index contributed by atoms with van der Waals surface area (Å²) in [5.74, 6) is -0.374. The van der Waals surface area contributed by atoms with Crippen molar-refractivity contribution < 1.29 is 9.53 Å². The molecule has 0 spiro atoms. The lowest BCUT2D eigenvalue weighted by Crippen LogP contribution is -2.04. The third kappa shape index (κ3) is 2.87. The van der Waals surface area contributed by atoms with E-state index in [9.17, 15) is 4.79 Å². The van der Waals surface area contributed by atoms with Gasteiger partial charge in [-0.15, -0.1) is 11.3 Å². The first kappa shape index (κ1) is 13.6. The molecule has 0 saturated heterocycles. The molecule has 5 heteroatoms. The molecule has 0 fully saturated rings. The van der Waals surface area contributed by atoms with Crippen LogP contribution in [0.2, 0.25) is 0 Å². The average Bonchev–Trinajstić information content (AvgIpc) is 3.19. The van der Waals surface area contributed by atoms with E-state index in [0.717, 1.165) is 16.3 Å². The first-order valence-corrected chi connectivity index (χ1v) is 7.52. The monoisotopic (exact) mass is 298 g/mol. The Bertz CT molecular complexity index is 747. The number of ether oxygens (including phenoxy) is 1. The van der Waals surface area contributed by atoms with Gasteiger partial charge in [0.25, 0.3) is 0 Å². The van der Waals surface area contributed by atoms with Crippen molar-refractivity contribution in [3.63, 3.8) is 0 Å². The maximum Gasteiger partial charge on any atom is 0.357 e. The van der Waals surface area contributed by atoms with Crippen LogP contribution in [0.25, 0.3) is 16.3 Å². The smallest absolute Gasteiger partial charge is 0.357 e. The number of carbonyl (C=O) groups excluding carboxylic acids is 1. The number of hydrogen-bond donors (Lipinski definition) is 0. The Morgan fingerprint density at radius 1 is 1.29 bits per heavy atom. The Hall–Kier alpha value is -2.40. The van der Waals surface area contributed by atoms with E-state index in [2.05, 4.69) is 4.98 Å². The van der Waals surface area contributed by atoms with Crippen LogP contribution in [0, 0.1) is 0 Å². The van der Waals surface area contributed by atoms with Crippen LogP contribution in [-0.4, -0.2) is 22.1 Å². The second-order valence-corrected chi connectivity index (χ2v) is 5.26. The Kier molecular flexibility index (Phi) is 3.83. The molecule has 0 aliphatic heterocycles. The molecule has 2 heterocycles. The molecule has 3 rings (SSSR count). The van der Waals surface area contributed by atoms with Crippen LogP contribution in [0.1, 0.15) is 17.4 Å². The number of aromatic nitrogens is 2. The van der Waals surface area contributed by atoms with Gasteiger partial charge in [-0.1, -0.05) is 12.1 Å². The normalized spacial score (nSPS) is 10.5. The maximum absolute atomic E-state index is 11.7. The van der Waals surface area contributed by atoms with Crippen LogP contribution in [0.5, 0.6) is 0 Å². The van der Waals surface area contributed by atoms with E-state index < -0.39 is 0 Å². The Balaban J connectivity index is 1.91. The predicted octanol–water partition coefficient (Wildman–Crippen LogP) is 3.78. The van der Waals surface area contributed by atoms with Crippen molar-refractivity contribution in [1.29, 1.82) is 0 Å². The van der Waals surface area contributed by atoms with Gasteiger partial charge in [-0.2, -0.15) is 0 Å². The fraction of sp³-hybridized carbons (Fsp3) is 0.125. The van der Waals surface area contributed by atoms with Crippen molar-refractivity contribution in [3.8, 4) is 16.3 Å². The fourth-order valence-corrected chi connectivity index (χ4v) is 2.80. The second-order valence-electron chi connectivity index (χ2n) is 4.40. The average molecular weight is 298 g/mol. The lowest BCUT2D eigenvalue weighted by Gasteiger charge is -2.04. The molecular weight excluding hydrogens is 284 g/mol. The Morgan fingerprint density at radius 2 is 2.10 bits per heavy atom. The minimum atomic E-state index is -0.374. The molecule has 21 heavy (non-hydrogen) atoms. The number of rotatable bonds is 4. The summed E-state index contributed by atoms with van der Waals surface area (Å²) in [6.45, 7) is 2.14. The first-order valence-electron chi connectivity index (χ1n) is 6.64. The molecule has 3 aromatic rings. The van der Waals surface area contributed by atoms with Gasteiger partial charge in [0.15, 0.2) is 5.69 Å². The third-order valence-corrected chi connectivity index (χ3v) is 3.88. The minimum absolute atomic E-state index is 0.356. The highest BCUT2D eigenvalue weighted by atomic mass is 32.1. The van der Waals surface area contributed by atoms with Crippen molar-refractivity contribution in [2.24, 2.45) is 0 Å². The van der Waals surface area contributed by atoms with E-state index in [1.54, 1.807) is 12.3 Å². The molecule has 0 amide bonds. The molecule has 0 unspecified atom stereocenters. The van der Waals surface area contributed by atoms with Crippen molar-refractivity contribution in [2.75, 3.05) is 6.61 Å². The second kappa shape index (κ2) is 5.93. The van der Waals surface area contributed by atoms with Crippen molar-refractivity contribution in [1.82, 2.24) is 9.55 Å². The maximum atomic E-state index is 11.7. The molecule has 0 bridgehead atoms. The topological polar surface area (TPSA) is 44.1 Å². The minimum Gasteiger partial charge on any atom is -0.461 e. The molecule has 106 valence electrons. The zero-order valence-electron chi connectivity index (χ0n) is 11.5. The molecular formula is C16H14N2O2S. The number of esters is 1. The molecule has 0 atom stereocenters. The summed E-state index contributed by atoms with van der Waals surface area (Å²) < 4.78 is 6.99. The van der Waals surface area contributed by atoms with Gasteiger partial charge in [0.05, 0.1) is 6.61 Å². The molecule has 0 aliphatic carbocycles. The number of carbonyl (C=O) groups is 1. The van der Waals surface area contributed by atoms with Crippen molar-refractivity contribution >= 4 is 17.3 Å². The molecule has 0 radical (unpaired) electrons. The SMILES string of the molecule is CCOC(=O)c1csc(-c2cccc(-n3cccc3)c2)n1. The van der Waals surface area contributed by atoms with Gasteiger partial charge in [0, 0.05) is 29.0 Å². The lowest BCUT2D eigenvalue weighted by atomic mass is 10.2. The molecule has 4 nitrogen and oxygen atoms in total. The van der Waals surface area contributed by atoms with Crippen molar-refractivity contribution in [3.05, 3.63) is 59.9 Å². The van der Waals surface area contributed by atoms with Crippen LogP contribution in [0.4, 0.5) is 0 Å². The summed E-state index contributed by atoms with van der Waals surface area (Å²) in [7, 11) is 0. The van der Waals surface area contributed by atoms with E-state index in [1.165, 1.54) is 11.3 Å². The number of nitrogens with zero attached hydrogens (tertiary/aromatic N) is 2. The molecule has 0 N–H and O–H groups in total. The fourth-order valence-electron chi connectivity index (χ4n) is 2.01. The zero-order valence-corrected chi connectivity index (χ0v) is 12.3. The van der Waals surface area contributed by atoms with E-state index in [-0.39, 0.29) is 5.97 Å². The van der Waals surface area contributed by atoms with Crippen molar-refractivity contribution in [2.45, 2.75) is 6.92 Å². The van der Waals surface area contributed by atoms with Gasteiger partial charge in [-0.05, 0) is 31.2 Å². The summed E-state index contributed by atoms with van der Waals surface area (Å²) >= 11 is 1.44. The zero-order chi connectivity index (χ0) is 14.7. The van der Waals surface area contributed by atoms with Crippen LogP contribution in [0.3, 0.4) is 0 Å². The van der Waals surface area contributed by atoms with E-state index >= 15 is 0 Å². The Labute approximate surface area is 126 Å². The summed E-state index contributed by atoms with van der Waals surface area (Å²) in [4.78, 5) is 16.0. The molecule has 1 aromatic carbocycles. The highest BCUT2D eigenvalue weighted by Crippen LogP contribution is 2.26. The number of thiazole rings is 1. The van der Waals surface area contributed by atoms with Crippen LogP contribution >= 0.6 is 11.3 Å². The predicted molar refractivity (Wildman–Crippen MR) is 82.8 cm³/mol. The first-order chi connectivity index (χ1) is 10.3. The van der Waals surface area contributed by atoms with E-state index in [4.69, 9.17) is 4.74 Å².